The molecule has 1 heterocycles. The van der Waals surface area contributed by atoms with Crippen LogP contribution in [-0.2, 0) is 11.4 Å². The highest BCUT2D eigenvalue weighted by atomic mass is 35.5. The zero-order valence-corrected chi connectivity index (χ0v) is 17.4. The smallest absolute Gasteiger partial charge is 0.276 e. The van der Waals surface area contributed by atoms with E-state index in [0.29, 0.717) is 33.7 Å². The Labute approximate surface area is 178 Å². The lowest BCUT2D eigenvalue weighted by molar-refractivity contribution is -0.384. The van der Waals surface area contributed by atoms with E-state index in [9.17, 15) is 14.9 Å². The van der Waals surface area contributed by atoms with Crippen molar-refractivity contribution in [1.82, 2.24) is 9.80 Å². The molecule has 150 valence electrons. The predicted molar refractivity (Wildman–Crippen MR) is 115 cm³/mol. The second kappa shape index (κ2) is 8.59. The molecule has 9 heteroatoms. The van der Waals surface area contributed by atoms with Crippen molar-refractivity contribution in [3.63, 3.8) is 0 Å². The van der Waals surface area contributed by atoms with Gasteiger partial charge in [-0.25, -0.2) is 0 Å². The minimum atomic E-state index is -0.453. The van der Waals surface area contributed by atoms with Gasteiger partial charge in [-0.1, -0.05) is 29.8 Å². The van der Waals surface area contributed by atoms with Crippen LogP contribution in [0.4, 0.5) is 5.69 Å². The van der Waals surface area contributed by atoms with Crippen LogP contribution >= 0.6 is 23.8 Å². The number of nitro benzene ring substituents is 1. The van der Waals surface area contributed by atoms with E-state index in [1.807, 2.05) is 6.92 Å². The lowest BCUT2D eigenvalue weighted by Crippen LogP contribution is -2.30. The van der Waals surface area contributed by atoms with E-state index in [2.05, 4.69) is 0 Å². The van der Waals surface area contributed by atoms with E-state index in [-0.39, 0.29) is 18.2 Å². The molecule has 0 spiro atoms. The Morgan fingerprint density at radius 3 is 2.66 bits per heavy atom. The van der Waals surface area contributed by atoms with Crippen LogP contribution in [0.2, 0.25) is 5.02 Å². The highest BCUT2D eigenvalue weighted by Gasteiger charge is 2.34. The number of carbonyl (C=O) groups is 1. The quantitative estimate of drug-likeness (QED) is 0.294. The van der Waals surface area contributed by atoms with Gasteiger partial charge in [-0.05, 0) is 48.5 Å². The molecule has 3 rings (SSSR count). The normalized spacial score (nSPS) is 15.3. The summed E-state index contributed by atoms with van der Waals surface area (Å²) in [4.78, 5) is 26.1. The number of rotatable bonds is 6. The number of carbonyl (C=O) groups excluding carboxylic acids is 1. The summed E-state index contributed by atoms with van der Waals surface area (Å²) in [6.07, 6.45) is 1.72. The van der Waals surface area contributed by atoms with Crippen molar-refractivity contribution in [1.29, 1.82) is 0 Å². The van der Waals surface area contributed by atoms with E-state index in [1.165, 1.54) is 17.0 Å². The standard InChI is InChI=1S/C20H18ClN3O4S/c1-3-23-19(25)17(22(2)20(23)29)11-13-7-8-18(16(21)10-13)28-12-14-5-4-6-15(9-14)24(26)27/h4-11H,3,12H2,1-2H3/b17-11-. The van der Waals surface area contributed by atoms with Crippen LogP contribution in [0.15, 0.2) is 48.2 Å². The molecule has 0 radical (unpaired) electrons. The molecule has 0 aliphatic carbocycles. The molecule has 0 aromatic heterocycles. The summed E-state index contributed by atoms with van der Waals surface area (Å²) in [6.45, 7) is 2.51. The lowest BCUT2D eigenvalue weighted by Gasteiger charge is -2.13. The van der Waals surface area contributed by atoms with Crippen LogP contribution < -0.4 is 4.74 Å². The van der Waals surface area contributed by atoms with Crippen LogP contribution in [0.1, 0.15) is 18.1 Å². The summed E-state index contributed by atoms with van der Waals surface area (Å²) >= 11 is 11.6. The molecular weight excluding hydrogens is 414 g/mol. The zero-order valence-electron chi connectivity index (χ0n) is 15.8. The Morgan fingerprint density at radius 1 is 1.28 bits per heavy atom. The fourth-order valence-corrected chi connectivity index (χ4v) is 3.45. The number of ether oxygens (including phenoxy) is 1. The third-order valence-electron chi connectivity index (χ3n) is 4.43. The van der Waals surface area contributed by atoms with Crippen LogP contribution in [0.25, 0.3) is 6.08 Å². The van der Waals surface area contributed by atoms with Crippen LogP contribution in [0.5, 0.6) is 5.75 Å². The highest BCUT2D eigenvalue weighted by molar-refractivity contribution is 7.80. The number of amides is 1. The SMILES string of the molecule is CCN1C(=O)/C(=C/c2ccc(OCc3cccc([N+](=O)[O-])c3)c(Cl)c2)N(C)C1=S. The Bertz CT molecular complexity index is 1020. The van der Waals surface area contributed by atoms with E-state index >= 15 is 0 Å². The molecule has 0 saturated carbocycles. The number of nitrogens with zero attached hydrogens (tertiary/aromatic N) is 3. The zero-order chi connectivity index (χ0) is 21.1. The maximum absolute atomic E-state index is 12.5. The average molecular weight is 432 g/mol. The number of non-ortho nitro benzene ring substituents is 1. The van der Waals surface area contributed by atoms with Crippen LogP contribution in [0.3, 0.4) is 0 Å². The number of benzene rings is 2. The summed E-state index contributed by atoms with van der Waals surface area (Å²) < 4.78 is 5.69. The predicted octanol–water partition coefficient (Wildman–Crippen LogP) is 4.25. The van der Waals surface area contributed by atoms with E-state index in [0.717, 1.165) is 5.56 Å². The first kappa shape index (κ1) is 20.8. The van der Waals surface area contributed by atoms with Gasteiger partial charge >= 0.3 is 0 Å². The van der Waals surface area contributed by atoms with Gasteiger partial charge in [-0.15, -0.1) is 0 Å². The van der Waals surface area contributed by atoms with Gasteiger partial charge in [0.1, 0.15) is 18.1 Å². The second-order valence-electron chi connectivity index (χ2n) is 6.33. The molecule has 29 heavy (non-hydrogen) atoms. The van der Waals surface area contributed by atoms with Gasteiger partial charge < -0.3 is 9.64 Å². The minimum Gasteiger partial charge on any atom is -0.487 e. The van der Waals surface area contributed by atoms with Gasteiger partial charge in [-0.2, -0.15) is 0 Å². The number of hydrogen-bond acceptors (Lipinski definition) is 5. The van der Waals surface area contributed by atoms with Crippen molar-refractivity contribution >= 4 is 46.6 Å². The third kappa shape index (κ3) is 4.38. The first-order valence-corrected chi connectivity index (χ1v) is 9.57. The van der Waals surface area contributed by atoms with E-state index < -0.39 is 4.92 Å². The molecule has 0 unspecified atom stereocenters. The first-order chi connectivity index (χ1) is 13.8. The number of thiocarbonyl (C=S) groups is 1. The monoisotopic (exact) mass is 431 g/mol. The summed E-state index contributed by atoms with van der Waals surface area (Å²) in [6, 6.07) is 11.4. The number of hydrogen-bond donors (Lipinski definition) is 0. The third-order valence-corrected chi connectivity index (χ3v) is 5.22. The molecule has 0 bridgehead atoms. The van der Waals surface area contributed by atoms with E-state index in [1.54, 1.807) is 48.4 Å². The molecule has 1 fully saturated rings. The molecule has 0 N–H and O–H groups in total. The minimum absolute atomic E-state index is 0.00329. The van der Waals surface area contributed by atoms with E-state index in [4.69, 9.17) is 28.6 Å². The van der Waals surface area contributed by atoms with Crippen molar-refractivity contribution in [3.8, 4) is 5.75 Å². The van der Waals surface area contributed by atoms with Crippen molar-refractivity contribution < 1.29 is 14.5 Å². The summed E-state index contributed by atoms with van der Waals surface area (Å²) in [5.74, 6) is 0.291. The van der Waals surface area contributed by atoms with Crippen molar-refractivity contribution in [2.45, 2.75) is 13.5 Å². The first-order valence-electron chi connectivity index (χ1n) is 8.78. The van der Waals surface area contributed by atoms with Gasteiger partial charge in [0, 0.05) is 25.7 Å². The molecule has 7 nitrogen and oxygen atoms in total. The van der Waals surface area contributed by atoms with Gasteiger partial charge in [-0.3, -0.25) is 19.8 Å². The lowest BCUT2D eigenvalue weighted by atomic mass is 10.1. The molecule has 1 saturated heterocycles. The molecular formula is C20H18ClN3O4S. The van der Waals surface area contributed by atoms with Gasteiger partial charge in [0.25, 0.3) is 11.6 Å². The van der Waals surface area contributed by atoms with Crippen LogP contribution in [-0.4, -0.2) is 39.3 Å². The second-order valence-corrected chi connectivity index (χ2v) is 7.10. The number of nitro groups is 1. The van der Waals surface area contributed by atoms with Crippen molar-refractivity contribution in [3.05, 3.63) is 74.4 Å². The van der Waals surface area contributed by atoms with Gasteiger partial charge in [0.05, 0.1) is 9.95 Å². The summed E-state index contributed by atoms with van der Waals surface area (Å²) in [5, 5.41) is 11.7. The summed E-state index contributed by atoms with van der Waals surface area (Å²) in [7, 11) is 1.75. The van der Waals surface area contributed by atoms with Crippen molar-refractivity contribution in [2.24, 2.45) is 0 Å². The molecule has 1 aliphatic rings. The average Bonchev–Trinajstić information content (AvgIpc) is 2.90. The van der Waals surface area contributed by atoms with Crippen LogP contribution in [0, 0.1) is 10.1 Å². The van der Waals surface area contributed by atoms with Gasteiger partial charge in [0.2, 0.25) is 0 Å². The maximum Gasteiger partial charge on any atom is 0.276 e. The van der Waals surface area contributed by atoms with Gasteiger partial charge in [0.15, 0.2) is 5.11 Å². The fourth-order valence-electron chi connectivity index (χ4n) is 2.89. The molecule has 1 amide bonds. The number of likely N-dealkylation sites (N-methyl/N-ethyl adjacent to an activating group) is 2. The maximum atomic E-state index is 12.5. The topological polar surface area (TPSA) is 75.9 Å². The van der Waals surface area contributed by atoms with Crippen molar-refractivity contribution in [2.75, 3.05) is 13.6 Å². The highest BCUT2D eigenvalue weighted by Crippen LogP contribution is 2.29. The Balaban J connectivity index is 1.76. The number of halogens is 1. The molecule has 2 aromatic carbocycles. The summed E-state index contributed by atoms with van der Waals surface area (Å²) in [5.41, 5.74) is 1.86. The Morgan fingerprint density at radius 2 is 2.03 bits per heavy atom. The molecule has 0 atom stereocenters. The largest absolute Gasteiger partial charge is 0.487 e. The molecule has 2 aromatic rings. The molecule has 1 aliphatic heterocycles. The Kier molecular flexibility index (Phi) is 6.14. The fraction of sp³-hybridized carbons (Fsp3) is 0.200. The Hall–Kier alpha value is -2.97.